The number of aliphatic hydroxyl groups excluding tert-OH is 1. The molecule has 17 nitrogen and oxygen atoms in total. The third-order valence-electron chi connectivity index (χ3n) is 13.7. The summed E-state index contributed by atoms with van der Waals surface area (Å²) in [7, 11) is -9.87. The van der Waals surface area contributed by atoms with E-state index in [1.54, 1.807) is 0 Å². The van der Waals surface area contributed by atoms with Crippen LogP contribution in [0.3, 0.4) is 0 Å². The van der Waals surface area contributed by atoms with Gasteiger partial charge in [0.05, 0.1) is 26.4 Å². The van der Waals surface area contributed by atoms with Crippen LogP contribution in [0.2, 0.25) is 0 Å². The zero-order valence-corrected chi connectivity index (χ0v) is 52.4. The molecule has 0 aromatic rings. The number of phosphoric ester groups is 2. The van der Waals surface area contributed by atoms with Crippen molar-refractivity contribution in [3.8, 4) is 0 Å². The predicted octanol–water partition coefficient (Wildman–Crippen LogP) is 16.1. The number of esters is 4. The minimum atomic E-state index is -4.94. The van der Waals surface area contributed by atoms with Gasteiger partial charge in [0.1, 0.15) is 19.3 Å². The minimum absolute atomic E-state index is 0.104. The van der Waals surface area contributed by atoms with Crippen LogP contribution < -0.4 is 0 Å². The maximum Gasteiger partial charge on any atom is 0.472 e. The number of carbonyl (C=O) groups is 4. The summed E-state index contributed by atoms with van der Waals surface area (Å²) in [4.78, 5) is 71.7. The van der Waals surface area contributed by atoms with Crippen molar-refractivity contribution < 1.29 is 80.2 Å². The van der Waals surface area contributed by atoms with E-state index in [0.717, 1.165) is 109 Å². The molecule has 79 heavy (non-hydrogen) atoms. The summed E-state index contributed by atoms with van der Waals surface area (Å²) in [5, 5.41) is 10.5. The largest absolute Gasteiger partial charge is 0.472 e. The van der Waals surface area contributed by atoms with Crippen molar-refractivity contribution in [1.29, 1.82) is 0 Å². The van der Waals surface area contributed by atoms with E-state index in [1.807, 2.05) is 0 Å². The summed E-state index contributed by atoms with van der Waals surface area (Å²) < 4.78 is 67.6. The second-order valence-corrected chi connectivity index (χ2v) is 25.6. The molecule has 0 spiro atoms. The third kappa shape index (κ3) is 55.0. The summed E-state index contributed by atoms with van der Waals surface area (Å²) in [5.74, 6) is -0.670. The second kappa shape index (κ2) is 52.8. The Kier molecular flexibility index (Phi) is 51.5. The van der Waals surface area contributed by atoms with Gasteiger partial charge in [0.25, 0.3) is 0 Å². The van der Waals surface area contributed by atoms with Crippen molar-refractivity contribution in [2.45, 2.75) is 310 Å². The van der Waals surface area contributed by atoms with Crippen molar-refractivity contribution in [3.63, 3.8) is 0 Å². The number of hydrogen-bond acceptors (Lipinski definition) is 15. The summed E-state index contributed by atoms with van der Waals surface area (Å²) >= 11 is 0. The van der Waals surface area contributed by atoms with E-state index in [1.165, 1.54) is 96.3 Å². The molecule has 0 rings (SSSR count). The summed E-state index contributed by atoms with van der Waals surface area (Å²) in [5.41, 5.74) is 0. The lowest BCUT2D eigenvalue weighted by Gasteiger charge is -2.21. The number of unbranched alkanes of at least 4 members (excludes halogenated alkanes) is 29. The average Bonchev–Trinajstić information content (AvgIpc) is 3.40. The van der Waals surface area contributed by atoms with Gasteiger partial charge in [-0.15, -0.1) is 0 Å². The van der Waals surface area contributed by atoms with Crippen molar-refractivity contribution in [2.24, 2.45) is 11.8 Å². The molecule has 19 heteroatoms. The van der Waals surface area contributed by atoms with Gasteiger partial charge in [-0.2, -0.15) is 0 Å². The van der Waals surface area contributed by atoms with Crippen LogP contribution in [0.15, 0.2) is 0 Å². The first-order valence-corrected chi connectivity index (χ1v) is 34.5. The fraction of sp³-hybridized carbons (Fsp3) is 0.933. The van der Waals surface area contributed by atoms with Crippen LogP contribution in [-0.4, -0.2) is 96.7 Å². The van der Waals surface area contributed by atoms with E-state index in [2.05, 4.69) is 41.5 Å². The monoisotopic (exact) mass is 1170 g/mol. The molecular weight excluding hydrogens is 1050 g/mol. The zero-order valence-electron chi connectivity index (χ0n) is 50.7. The molecule has 0 aromatic heterocycles. The summed E-state index contributed by atoms with van der Waals surface area (Å²) in [6, 6.07) is 0. The third-order valence-corrected chi connectivity index (χ3v) is 15.6. The number of phosphoric acid groups is 2. The Labute approximate surface area is 479 Å². The number of aliphatic hydroxyl groups is 1. The van der Waals surface area contributed by atoms with Crippen molar-refractivity contribution in [1.82, 2.24) is 0 Å². The molecule has 0 bridgehead atoms. The first kappa shape index (κ1) is 77.1. The Bertz CT molecular complexity index is 1560. The van der Waals surface area contributed by atoms with Gasteiger partial charge >= 0.3 is 39.5 Å². The molecule has 0 amide bonds. The molecule has 0 saturated carbocycles. The topological polar surface area (TPSA) is 237 Å². The average molecular weight is 1170 g/mol. The molecule has 2 unspecified atom stereocenters. The van der Waals surface area contributed by atoms with Crippen molar-refractivity contribution >= 4 is 39.5 Å². The summed E-state index contributed by atoms with van der Waals surface area (Å²) in [6.07, 6.45) is 33.9. The van der Waals surface area contributed by atoms with Gasteiger partial charge in [-0.1, -0.05) is 241 Å². The first-order chi connectivity index (χ1) is 37.9. The Morgan fingerprint density at radius 3 is 0.861 bits per heavy atom. The highest BCUT2D eigenvalue weighted by Gasteiger charge is 2.30. The molecule has 468 valence electrons. The van der Waals surface area contributed by atoms with Gasteiger partial charge in [-0.05, 0) is 37.5 Å². The SMILES string of the molecule is CCCCCCCCCCCC(=O)O[C@H](COC(=O)CCCCCCC)COP(=O)(O)OC[C@H](O)COP(=O)(O)OC[C@@H](COC(=O)CCCCCCCCCC(C)C)OC(=O)CCCCCCCCCCCCCCC(C)C. The standard InChI is InChI=1S/C60H116O17P2/c1-7-9-11-13-14-19-25-32-38-44-59(64)76-55(48-70-57(62)42-36-28-12-10-8-2)50-74-78(66,67)72-46-54(61)47-73-79(68,69)75-51-56(49-71-58(63)43-37-31-27-22-24-30-35-41-53(5)6)77-60(65)45-39-33-26-21-18-16-15-17-20-23-29-34-40-52(3)4/h52-56,61H,7-51H2,1-6H3,(H,66,67)(H,68,69)/t54-,55+,56+/m0/s1. The maximum absolute atomic E-state index is 12.9. The molecule has 3 N–H and O–H groups in total. The lowest BCUT2D eigenvalue weighted by Crippen LogP contribution is -2.30. The molecule has 0 fully saturated rings. The van der Waals surface area contributed by atoms with Crippen LogP contribution in [0.25, 0.3) is 0 Å². The highest BCUT2D eigenvalue weighted by Crippen LogP contribution is 2.45. The molecule has 0 radical (unpaired) electrons. The molecular formula is C60H116O17P2. The fourth-order valence-corrected chi connectivity index (χ4v) is 10.4. The van der Waals surface area contributed by atoms with E-state index in [9.17, 15) is 43.2 Å². The Morgan fingerprint density at radius 2 is 0.582 bits per heavy atom. The van der Waals surface area contributed by atoms with E-state index in [4.69, 9.17) is 37.0 Å². The molecule has 0 aliphatic heterocycles. The van der Waals surface area contributed by atoms with Crippen molar-refractivity contribution in [2.75, 3.05) is 39.6 Å². The van der Waals surface area contributed by atoms with E-state index in [-0.39, 0.29) is 25.7 Å². The number of hydrogen-bond donors (Lipinski definition) is 3. The zero-order chi connectivity index (χ0) is 58.7. The van der Waals surface area contributed by atoms with E-state index >= 15 is 0 Å². The Balaban J connectivity index is 5.17. The lowest BCUT2D eigenvalue weighted by molar-refractivity contribution is -0.161. The molecule has 0 aromatic carbocycles. The lowest BCUT2D eigenvalue weighted by atomic mass is 10.0. The van der Waals surface area contributed by atoms with Gasteiger partial charge in [0.15, 0.2) is 12.2 Å². The van der Waals surface area contributed by atoms with Crippen LogP contribution in [0.1, 0.15) is 292 Å². The molecule has 0 heterocycles. The van der Waals surface area contributed by atoms with Gasteiger partial charge in [-0.3, -0.25) is 37.3 Å². The number of ether oxygens (including phenoxy) is 4. The Morgan fingerprint density at radius 1 is 0.342 bits per heavy atom. The molecule has 0 saturated heterocycles. The van der Waals surface area contributed by atoms with Gasteiger partial charge in [0, 0.05) is 25.7 Å². The van der Waals surface area contributed by atoms with Crippen LogP contribution >= 0.6 is 15.6 Å². The normalized spacial score (nSPS) is 14.4. The smallest absolute Gasteiger partial charge is 0.462 e. The van der Waals surface area contributed by atoms with Crippen LogP contribution in [0.5, 0.6) is 0 Å². The van der Waals surface area contributed by atoms with Gasteiger partial charge in [0.2, 0.25) is 0 Å². The summed E-state index contributed by atoms with van der Waals surface area (Å²) in [6.45, 7) is 9.31. The highest BCUT2D eigenvalue weighted by atomic mass is 31.2. The van der Waals surface area contributed by atoms with Crippen LogP contribution in [-0.2, 0) is 65.4 Å². The van der Waals surface area contributed by atoms with Gasteiger partial charge in [-0.25, -0.2) is 9.13 Å². The maximum atomic E-state index is 12.9. The van der Waals surface area contributed by atoms with Crippen LogP contribution in [0.4, 0.5) is 0 Å². The van der Waals surface area contributed by atoms with E-state index < -0.39 is 97.5 Å². The predicted molar refractivity (Wildman–Crippen MR) is 312 cm³/mol. The molecule has 0 aliphatic rings. The minimum Gasteiger partial charge on any atom is -0.462 e. The first-order valence-electron chi connectivity index (χ1n) is 31.5. The number of carbonyl (C=O) groups excluding carboxylic acids is 4. The fourth-order valence-electron chi connectivity index (χ4n) is 8.82. The van der Waals surface area contributed by atoms with Gasteiger partial charge < -0.3 is 33.8 Å². The van der Waals surface area contributed by atoms with Crippen LogP contribution in [0, 0.1) is 11.8 Å². The quantitative estimate of drug-likeness (QED) is 0.0222. The highest BCUT2D eigenvalue weighted by molar-refractivity contribution is 7.47. The van der Waals surface area contributed by atoms with E-state index in [0.29, 0.717) is 31.6 Å². The van der Waals surface area contributed by atoms with Crippen molar-refractivity contribution in [3.05, 3.63) is 0 Å². The molecule has 5 atom stereocenters. The Hall–Kier alpha value is -1.94. The second-order valence-electron chi connectivity index (χ2n) is 22.7. The number of rotatable bonds is 59. The molecule has 0 aliphatic carbocycles.